The van der Waals surface area contributed by atoms with Gasteiger partial charge in [0.1, 0.15) is 6.10 Å². The van der Waals surface area contributed by atoms with Crippen molar-refractivity contribution in [2.75, 3.05) is 0 Å². The van der Waals surface area contributed by atoms with E-state index in [1.165, 1.54) is 0 Å². The molecule has 0 aromatic carbocycles. The number of ether oxygens (including phenoxy) is 1. The highest BCUT2D eigenvalue weighted by Crippen LogP contribution is 2.58. The van der Waals surface area contributed by atoms with Crippen LogP contribution in [-0.4, -0.2) is 23.1 Å². The highest BCUT2D eigenvalue weighted by atomic mass is 16.6. The van der Waals surface area contributed by atoms with E-state index in [9.17, 15) is 9.59 Å². The van der Waals surface area contributed by atoms with Gasteiger partial charge in [0.25, 0.3) is 0 Å². The Morgan fingerprint density at radius 1 is 1.40 bits per heavy atom. The van der Waals surface area contributed by atoms with Gasteiger partial charge in [0.2, 0.25) is 0 Å². The third-order valence-corrected chi connectivity index (χ3v) is 4.46. The summed E-state index contributed by atoms with van der Waals surface area (Å²) in [6.45, 7) is 2.08. The first-order valence-corrected chi connectivity index (χ1v) is 5.53. The maximum absolute atomic E-state index is 11.5. The zero-order valence-electron chi connectivity index (χ0n) is 8.55. The predicted molar refractivity (Wildman–Crippen MR) is 49.9 cm³/mol. The molecule has 0 amide bonds. The van der Waals surface area contributed by atoms with E-state index in [0.29, 0.717) is 12.3 Å². The summed E-state index contributed by atoms with van der Waals surface area (Å²) in [7, 11) is 0. The molecule has 0 bridgehead atoms. The smallest absolute Gasteiger partial charge is 0.309 e. The van der Waals surface area contributed by atoms with Crippen LogP contribution >= 0.6 is 0 Å². The normalized spacial score (nSPS) is 51.7. The predicted octanol–water partition coefficient (Wildman–Crippen LogP) is 0.905. The second-order valence-electron chi connectivity index (χ2n) is 5.13. The Hall–Kier alpha value is -1.06. The van der Waals surface area contributed by atoms with Crippen LogP contribution in [0.5, 0.6) is 0 Å². The van der Waals surface area contributed by atoms with Gasteiger partial charge in [-0.2, -0.15) is 0 Å². The molecule has 0 spiro atoms. The van der Waals surface area contributed by atoms with E-state index in [2.05, 4.69) is 6.92 Å². The lowest BCUT2D eigenvalue weighted by atomic mass is 9.85. The van der Waals surface area contributed by atoms with Crippen LogP contribution in [0, 0.1) is 29.6 Å². The molecule has 1 N–H and O–H groups in total. The Bertz CT molecular complexity index is 337. The number of esters is 1. The van der Waals surface area contributed by atoms with E-state index in [0.717, 1.165) is 6.42 Å². The van der Waals surface area contributed by atoms with Crippen LogP contribution in [0.15, 0.2) is 0 Å². The van der Waals surface area contributed by atoms with Crippen molar-refractivity contribution in [2.45, 2.75) is 25.9 Å². The van der Waals surface area contributed by atoms with E-state index in [1.54, 1.807) is 0 Å². The van der Waals surface area contributed by atoms with Gasteiger partial charge in [-0.1, -0.05) is 6.92 Å². The van der Waals surface area contributed by atoms with Crippen molar-refractivity contribution in [2.24, 2.45) is 29.6 Å². The molecular formula is C11H14O4. The lowest BCUT2D eigenvalue weighted by Crippen LogP contribution is -2.24. The summed E-state index contributed by atoms with van der Waals surface area (Å²) in [6.07, 6.45) is 1.35. The SMILES string of the molecule is C[C@H]1C[C@@H]2OC(=O)[C@@H]3C[C@H](C(=O)O)[C@H]1[C@H]23. The van der Waals surface area contributed by atoms with Crippen molar-refractivity contribution in [3.05, 3.63) is 0 Å². The van der Waals surface area contributed by atoms with E-state index in [4.69, 9.17) is 9.84 Å². The average molecular weight is 210 g/mol. The van der Waals surface area contributed by atoms with E-state index in [1.807, 2.05) is 0 Å². The number of aliphatic carboxylic acids is 1. The summed E-state index contributed by atoms with van der Waals surface area (Å²) >= 11 is 0. The number of rotatable bonds is 1. The molecule has 15 heavy (non-hydrogen) atoms. The summed E-state index contributed by atoms with van der Waals surface area (Å²) in [4.78, 5) is 22.6. The molecule has 0 aromatic rings. The number of carboxylic acids is 1. The third-order valence-electron chi connectivity index (χ3n) is 4.46. The largest absolute Gasteiger partial charge is 0.481 e. The minimum Gasteiger partial charge on any atom is -0.481 e. The molecule has 2 saturated carbocycles. The van der Waals surface area contributed by atoms with Crippen LogP contribution in [0.25, 0.3) is 0 Å². The molecule has 6 atom stereocenters. The van der Waals surface area contributed by atoms with Crippen LogP contribution < -0.4 is 0 Å². The monoisotopic (exact) mass is 210 g/mol. The second kappa shape index (κ2) is 2.74. The molecule has 3 aliphatic rings. The van der Waals surface area contributed by atoms with Crippen LogP contribution in [0.2, 0.25) is 0 Å². The Morgan fingerprint density at radius 2 is 2.13 bits per heavy atom. The summed E-state index contributed by atoms with van der Waals surface area (Å²) in [5.74, 6) is -0.643. The van der Waals surface area contributed by atoms with Gasteiger partial charge in [-0.15, -0.1) is 0 Å². The molecule has 0 unspecified atom stereocenters. The molecule has 82 valence electrons. The lowest BCUT2D eigenvalue weighted by Gasteiger charge is -2.18. The topological polar surface area (TPSA) is 63.6 Å². The zero-order chi connectivity index (χ0) is 10.7. The maximum Gasteiger partial charge on any atom is 0.309 e. The highest BCUT2D eigenvalue weighted by molar-refractivity contribution is 5.79. The van der Waals surface area contributed by atoms with Gasteiger partial charge < -0.3 is 9.84 Å². The molecule has 0 radical (unpaired) electrons. The molecule has 2 aliphatic carbocycles. The fourth-order valence-corrected chi connectivity index (χ4v) is 3.97. The lowest BCUT2D eigenvalue weighted by molar-refractivity contribution is -0.146. The molecule has 4 nitrogen and oxygen atoms in total. The first-order chi connectivity index (χ1) is 7.09. The number of hydrogen-bond donors (Lipinski definition) is 1. The zero-order valence-corrected chi connectivity index (χ0v) is 8.55. The first kappa shape index (κ1) is 9.19. The van der Waals surface area contributed by atoms with Gasteiger partial charge in [0.05, 0.1) is 11.8 Å². The minimum absolute atomic E-state index is 0.00634. The van der Waals surface area contributed by atoms with Crippen LogP contribution in [-0.2, 0) is 14.3 Å². The van der Waals surface area contributed by atoms with Crippen molar-refractivity contribution in [3.8, 4) is 0 Å². The summed E-state index contributed by atoms with van der Waals surface area (Å²) in [5, 5.41) is 9.14. The van der Waals surface area contributed by atoms with Crippen LogP contribution in [0.4, 0.5) is 0 Å². The molecule has 1 saturated heterocycles. The molecule has 1 aliphatic heterocycles. The van der Waals surface area contributed by atoms with Gasteiger partial charge in [-0.25, -0.2) is 0 Å². The Balaban J connectivity index is 1.97. The molecule has 3 rings (SSSR count). The minimum atomic E-state index is -0.741. The average Bonchev–Trinajstić information content (AvgIpc) is 2.73. The summed E-state index contributed by atoms with van der Waals surface area (Å²) in [6, 6.07) is 0. The van der Waals surface area contributed by atoms with Crippen molar-refractivity contribution >= 4 is 11.9 Å². The van der Waals surface area contributed by atoms with E-state index >= 15 is 0 Å². The number of carbonyl (C=O) groups excluding carboxylic acids is 1. The Kier molecular flexibility index (Phi) is 1.68. The molecule has 1 heterocycles. The Labute approximate surface area is 87.6 Å². The van der Waals surface area contributed by atoms with Gasteiger partial charge in [0, 0.05) is 5.92 Å². The van der Waals surface area contributed by atoms with Gasteiger partial charge in [-0.05, 0) is 24.7 Å². The summed E-state index contributed by atoms with van der Waals surface area (Å²) < 4.78 is 5.29. The van der Waals surface area contributed by atoms with Crippen molar-refractivity contribution in [1.29, 1.82) is 0 Å². The molecule has 0 aromatic heterocycles. The third kappa shape index (κ3) is 1.02. The van der Waals surface area contributed by atoms with Crippen LogP contribution in [0.1, 0.15) is 19.8 Å². The van der Waals surface area contributed by atoms with Gasteiger partial charge in [0.15, 0.2) is 0 Å². The number of carboxylic acid groups (broad SMARTS) is 1. The number of carbonyl (C=O) groups is 2. The van der Waals surface area contributed by atoms with Gasteiger partial charge >= 0.3 is 11.9 Å². The van der Waals surface area contributed by atoms with E-state index < -0.39 is 5.97 Å². The first-order valence-electron chi connectivity index (χ1n) is 5.53. The second-order valence-corrected chi connectivity index (χ2v) is 5.13. The Morgan fingerprint density at radius 3 is 2.80 bits per heavy atom. The summed E-state index contributed by atoms with van der Waals surface area (Å²) in [5.41, 5.74) is 0. The van der Waals surface area contributed by atoms with Crippen molar-refractivity contribution < 1.29 is 19.4 Å². The van der Waals surface area contributed by atoms with Crippen molar-refractivity contribution in [3.63, 3.8) is 0 Å². The molecular weight excluding hydrogens is 196 g/mol. The fraction of sp³-hybridized carbons (Fsp3) is 0.818. The number of hydrogen-bond acceptors (Lipinski definition) is 3. The van der Waals surface area contributed by atoms with E-state index in [-0.39, 0.29) is 35.7 Å². The quantitative estimate of drug-likeness (QED) is 0.653. The highest BCUT2D eigenvalue weighted by Gasteiger charge is 2.63. The van der Waals surface area contributed by atoms with Crippen LogP contribution in [0.3, 0.4) is 0 Å². The molecule has 3 fully saturated rings. The standard InChI is InChI=1S/C11H14O4/c1-4-2-7-9-6(11(14)15-7)3-5(8(4)9)10(12)13/h4-9H,2-3H2,1H3,(H,12,13)/t4-,5-,6+,7-,8-,9-/m0/s1. The van der Waals surface area contributed by atoms with Crippen molar-refractivity contribution in [1.82, 2.24) is 0 Å². The fourth-order valence-electron chi connectivity index (χ4n) is 3.97. The van der Waals surface area contributed by atoms with Gasteiger partial charge in [-0.3, -0.25) is 9.59 Å². The maximum atomic E-state index is 11.5. The molecule has 4 heteroatoms.